The molecule has 0 bridgehead atoms. The summed E-state index contributed by atoms with van der Waals surface area (Å²) in [6, 6.07) is 14.8. The monoisotopic (exact) mass is 573 g/mol. The molecule has 0 spiro atoms. The van der Waals surface area contributed by atoms with Crippen LogP contribution in [0.1, 0.15) is 26.3 Å². The normalized spacial score (nSPS) is 12.1. The van der Waals surface area contributed by atoms with Crippen LogP contribution < -0.4 is 14.4 Å². The first-order chi connectivity index (χ1) is 18.9. The molecule has 40 heavy (non-hydrogen) atoms. The van der Waals surface area contributed by atoms with Crippen LogP contribution in [-0.4, -0.2) is 51.4 Å². The number of hydrogen-bond donors (Lipinski definition) is 1. The van der Waals surface area contributed by atoms with Crippen molar-refractivity contribution in [1.29, 1.82) is 0 Å². The Kier molecular flexibility index (Phi) is 10.2. The predicted molar refractivity (Wildman–Crippen MR) is 148 cm³/mol. The molecule has 0 aliphatic heterocycles. The summed E-state index contributed by atoms with van der Waals surface area (Å²) in [6.07, 6.45) is 0. The maximum atomic E-state index is 13.8. The lowest BCUT2D eigenvalue weighted by Gasteiger charge is -2.32. The van der Waals surface area contributed by atoms with Gasteiger partial charge >= 0.3 is 0 Å². The van der Waals surface area contributed by atoms with Crippen molar-refractivity contribution < 1.29 is 31.5 Å². The minimum absolute atomic E-state index is 0.0595. The summed E-state index contributed by atoms with van der Waals surface area (Å²) in [4.78, 5) is 27.9. The third kappa shape index (κ3) is 7.78. The lowest BCUT2D eigenvalue weighted by Crippen LogP contribution is -2.51. The minimum atomic E-state index is -4.31. The summed E-state index contributed by atoms with van der Waals surface area (Å²) >= 11 is 0. The van der Waals surface area contributed by atoms with Crippen LogP contribution in [0.5, 0.6) is 5.75 Å². The number of sulfonamides is 1. The Balaban J connectivity index is 2.00. The average molecular weight is 574 g/mol. The second-order valence-corrected chi connectivity index (χ2v) is 11.5. The molecule has 1 atom stereocenters. The fourth-order valence-electron chi connectivity index (χ4n) is 3.83. The molecule has 0 saturated heterocycles. The summed E-state index contributed by atoms with van der Waals surface area (Å²) < 4.78 is 60.7. The van der Waals surface area contributed by atoms with E-state index in [4.69, 9.17) is 4.74 Å². The Labute approximate surface area is 233 Å². The predicted octanol–water partition coefficient (Wildman–Crippen LogP) is 4.36. The van der Waals surface area contributed by atoms with Gasteiger partial charge in [-0.2, -0.15) is 0 Å². The number of anilines is 1. The van der Waals surface area contributed by atoms with E-state index in [0.717, 1.165) is 16.4 Å². The summed E-state index contributed by atoms with van der Waals surface area (Å²) in [6.45, 7) is 5.03. The van der Waals surface area contributed by atoms with Crippen molar-refractivity contribution >= 4 is 27.5 Å². The zero-order valence-electron chi connectivity index (χ0n) is 22.8. The third-order valence-electron chi connectivity index (χ3n) is 6.16. The van der Waals surface area contributed by atoms with E-state index in [0.29, 0.717) is 17.9 Å². The maximum Gasteiger partial charge on any atom is 0.264 e. The van der Waals surface area contributed by atoms with Crippen molar-refractivity contribution in [2.75, 3.05) is 24.5 Å². The Hall–Kier alpha value is -3.99. The first-order valence-corrected chi connectivity index (χ1v) is 14.1. The largest absolute Gasteiger partial charge is 0.497 e. The van der Waals surface area contributed by atoms with Crippen LogP contribution in [-0.2, 0) is 26.2 Å². The number of carbonyl (C=O) groups excluding carboxylic acids is 2. The average Bonchev–Trinajstić information content (AvgIpc) is 2.94. The van der Waals surface area contributed by atoms with Gasteiger partial charge in [0.15, 0.2) is 0 Å². The van der Waals surface area contributed by atoms with Crippen LogP contribution in [0.2, 0.25) is 0 Å². The van der Waals surface area contributed by atoms with Gasteiger partial charge in [-0.25, -0.2) is 17.2 Å². The lowest BCUT2D eigenvalue weighted by atomic mass is 10.1. The molecule has 0 fully saturated rings. The van der Waals surface area contributed by atoms with Crippen molar-refractivity contribution in [3.8, 4) is 5.75 Å². The van der Waals surface area contributed by atoms with Crippen LogP contribution in [0.4, 0.5) is 14.5 Å². The van der Waals surface area contributed by atoms with Crippen molar-refractivity contribution in [2.24, 2.45) is 5.92 Å². The molecule has 0 aliphatic rings. The van der Waals surface area contributed by atoms with E-state index in [1.54, 1.807) is 0 Å². The van der Waals surface area contributed by atoms with Crippen molar-refractivity contribution in [3.63, 3.8) is 0 Å². The number of benzene rings is 3. The minimum Gasteiger partial charge on any atom is -0.497 e. The number of nitrogens with zero attached hydrogens (tertiary/aromatic N) is 2. The molecule has 0 saturated carbocycles. The van der Waals surface area contributed by atoms with Gasteiger partial charge in [-0.1, -0.05) is 26.0 Å². The number of ether oxygens (including phenoxy) is 1. The molecule has 0 aliphatic carbocycles. The second-order valence-electron chi connectivity index (χ2n) is 9.63. The molecule has 0 unspecified atom stereocenters. The van der Waals surface area contributed by atoms with Gasteiger partial charge in [0.1, 0.15) is 30.0 Å². The summed E-state index contributed by atoms with van der Waals surface area (Å²) in [5, 5.41) is 2.79. The van der Waals surface area contributed by atoms with E-state index in [-0.39, 0.29) is 23.0 Å². The zero-order chi connectivity index (χ0) is 29.4. The maximum absolute atomic E-state index is 13.8. The first kappa shape index (κ1) is 30.6. The van der Waals surface area contributed by atoms with Crippen LogP contribution >= 0.6 is 0 Å². The molecular weight excluding hydrogens is 540 g/mol. The van der Waals surface area contributed by atoms with Crippen molar-refractivity contribution in [3.05, 3.63) is 90.0 Å². The molecule has 0 radical (unpaired) electrons. The molecule has 214 valence electrons. The topological polar surface area (TPSA) is 96.0 Å². The number of halogens is 2. The first-order valence-electron chi connectivity index (χ1n) is 12.7. The SMILES string of the molecule is COc1ccc(S(=O)(=O)N(CC(=O)N(Cc2ccc(F)cc2)[C@H](C)C(=O)NCC(C)C)c2ccc(F)cc2)cc1. The number of carbonyl (C=O) groups is 2. The van der Waals surface area contributed by atoms with Gasteiger partial charge in [0.05, 0.1) is 17.7 Å². The molecular formula is C29H33F2N3O5S. The van der Waals surface area contributed by atoms with Gasteiger partial charge in [-0.15, -0.1) is 0 Å². The number of amides is 2. The van der Waals surface area contributed by atoms with E-state index in [2.05, 4.69) is 5.32 Å². The van der Waals surface area contributed by atoms with E-state index in [1.165, 1.54) is 79.6 Å². The Bertz CT molecular complexity index is 1400. The molecule has 0 heterocycles. The second kappa shape index (κ2) is 13.4. The number of nitrogens with one attached hydrogen (secondary N) is 1. The molecule has 2 amide bonds. The highest BCUT2D eigenvalue weighted by atomic mass is 32.2. The number of rotatable bonds is 12. The lowest BCUT2D eigenvalue weighted by molar-refractivity contribution is -0.139. The highest BCUT2D eigenvalue weighted by Gasteiger charge is 2.32. The van der Waals surface area contributed by atoms with E-state index in [9.17, 15) is 26.8 Å². The van der Waals surface area contributed by atoms with Crippen LogP contribution in [0.3, 0.4) is 0 Å². The molecule has 11 heteroatoms. The van der Waals surface area contributed by atoms with Gasteiger partial charge in [0.25, 0.3) is 10.0 Å². The fraction of sp³-hybridized carbons (Fsp3) is 0.310. The fourth-order valence-corrected chi connectivity index (χ4v) is 5.25. The third-order valence-corrected chi connectivity index (χ3v) is 7.95. The van der Waals surface area contributed by atoms with Crippen LogP contribution in [0.25, 0.3) is 0 Å². The van der Waals surface area contributed by atoms with Gasteiger partial charge in [0, 0.05) is 13.1 Å². The number of hydrogen-bond acceptors (Lipinski definition) is 5. The van der Waals surface area contributed by atoms with E-state index >= 15 is 0 Å². The van der Waals surface area contributed by atoms with Gasteiger partial charge in [-0.05, 0) is 79.1 Å². The highest BCUT2D eigenvalue weighted by Crippen LogP contribution is 2.26. The zero-order valence-corrected chi connectivity index (χ0v) is 23.6. The Morgan fingerprint density at radius 3 is 1.95 bits per heavy atom. The van der Waals surface area contributed by atoms with E-state index in [1.807, 2.05) is 13.8 Å². The molecule has 1 N–H and O–H groups in total. The smallest absolute Gasteiger partial charge is 0.264 e. The molecule has 8 nitrogen and oxygen atoms in total. The van der Waals surface area contributed by atoms with Crippen LogP contribution in [0, 0.1) is 17.6 Å². The summed E-state index contributed by atoms with van der Waals surface area (Å²) in [7, 11) is -2.86. The standard InChI is InChI=1S/C29H33F2N3O5S/c1-20(2)17-32-29(36)21(3)33(18-22-5-7-23(30)8-6-22)28(35)19-34(25-11-9-24(31)10-12-25)40(37,38)27-15-13-26(39-4)14-16-27/h5-16,20-21H,17-19H2,1-4H3,(H,32,36)/t21-/m1/s1. The molecule has 3 rings (SSSR count). The summed E-state index contributed by atoms with van der Waals surface area (Å²) in [5.41, 5.74) is 0.605. The van der Waals surface area contributed by atoms with Crippen molar-refractivity contribution in [2.45, 2.75) is 38.3 Å². The van der Waals surface area contributed by atoms with E-state index < -0.39 is 46.1 Å². The van der Waals surface area contributed by atoms with Gasteiger partial charge < -0.3 is 15.0 Å². The van der Waals surface area contributed by atoms with Crippen molar-refractivity contribution in [1.82, 2.24) is 10.2 Å². The Morgan fingerprint density at radius 2 is 1.43 bits per heavy atom. The molecule has 3 aromatic carbocycles. The quantitative estimate of drug-likeness (QED) is 0.348. The van der Waals surface area contributed by atoms with Crippen LogP contribution in [0.15, 0.2) is 77.7 Å². The molecule has 3 aromatic rings. The van der Waals surface area contributed by atoms with Gasteiger partial charge in [0.2, 0.25) is 11.8 Å². The summed E-state index contributed by atoms with van der Waals surface area (Å²) in [5.74, 6) is -1.54. The van der Waals surface area contributed by atoms with Gasteiger partial charge in [-0.3, -0.25) is 13.9 Å². The molecule has 0 aromatic heterocycles. The number of methoxy groups -OCH3 is 1. The highest BCUT2D eigenvalue weighted by molar-refractivity contribution is 7.92. The Morgan fingerprint density at radius 1 is 0.875 bits per heavy atom.